The molecule has 0 fully saturated rings. The summed E-state index contributed by atoms with van der Waals surface area (Å²) in [6, 6.07) is 11.1. The van der Waals surface area contributed by atoms with Gasteiger partial charge in [-0.15, -0.1) is 0 Å². The Morgan fingerprint density at radius 1 is 1.16 bits per heavy atom. The molecule has 0 radical (unpaired) electrons. The van der Waals surface area contributed by atoms with Crippen LogP contribution in [0, 0.1) is 0 Å². The maximum Gasteiger partial charge on any atom is 0.251 e. The van der Waals surface area contributed by atoms with Crippen molar-refractivity contribution in [3.63, 3.8) is 0 Å². The van der Waals surface area contributed by atoms with Gasteiger partial charge in [-0.1, -0.05) is 30.0 Å². The van der Waals surface area contributed by atoms with Gasteiger partial charge in [0.05, 0.1) is 7.11 Å². The van der Waals surface area contributed by atoms with Gasteiger partial charge in [-0.05, 0) is 23.3 Å². The molecule has 0 saturated carbocycles. The number of aromatic amines is 1. The molecule has 2 aromatic heterocycles. The molecular weight excluding hydrogens is 338 g/mol. The molecule has 0 aliphatic heterocycles. The smallest absolute Gasteiger partial charge is 0.251 e. The Labute approximate surface area is 149 Å². The highest BCUT2D eigenvalue weighted by molar-refractivity contribution is 7.98. The molecule has 0 unspecified atom stereocenters. The highest BCUT2D eigenvalue weighted by Gasteiger charge is 2.06. The maximum atomic E-state index is 12.2. The number of ether oxygens (including phenoxy) is 1. The van der Waals surface area contributed by atoms with E-state index in [2.05, 4.69) is 25.5 Å². The number of benzene rings is 1. The summed E-state index contributed by atoms with van der Waals surface area (Å²) >= 11 is 1.56. The summed E-state index contributed by atoms with van der Waals surface area (Å²) in [5.41, 5.74) is 2.64. The van der Waals surface area contributed by atoms with E-state index < -0.39 is 0 Å². The van der Waals surface area contributed by atoms with Gasteiger partial charge < -0.3 is 10.1 Å². The van der Waals surface area contributed by atoms with Crippen LogP contribution in [0.3, 0.4) is 0 Å². The Bertz CT molecular complexity index is 804. The van der Waals surface area contributed by atoms with Crippen LogP contribution in [0.4, 0.5) is 0 Å². The van der Waals surface area contributed by atoms with Gasteiger partial charge in [0, 0.05) is 30.1 Å². The summed E-state index contributed by atoms with van der Waals surface area (Å²) in [5.74, 6) is 1.19. The Kier molecular flexibility index (Phi) is 5.63. The molecule has 3 rings (SSSR count). The van der Waals surface area contributed by atoms with Gasteiger partial charge in [0.1, 0.15) is 6.33 Å². The van der Waals surface area contributed by atoms with E-state index in [1.54, 1.807) is 31.1 Å². The van der Waals surface area contributed by atoms with Crippen molar-refractivity contribution in [1.82, 2.24) is 25.5 Å². The van der Waals surface area contributed by atoms with Crippen LogP contribution >= 0.6 is 11.8 Å². The Morgan fingerprint density at radius 2 is 1.96 bits per heavy atom. The van der Waals surface area contributed by atoms with Crippen LogP contribution in [0.1, 0.15) is 21.5 Å². The van der Waals surface area contributed by atoms with E-state index in [-0.39, 0.29) is 5.91 Å². The van der Waals surface area contributed by atoms with Crippen LogP contribution < -0.4 is 10.1 Å². The predicted octanol–water partition coefficient (Wildman–Crippen LogP) is 2.43. The summed E-state index contributed by atoms with van der Waals surface area (Å²) in [5, 5.41) is 10.3. The third-order valence-electron chi connectivity index (χ3n) is 3.44. The summed E-state index contributed by atoms with van der Waals surface area (Å²) in [6.45, 7) is 0.416. The Morgan fingerprint density at radius 3 is 2.60 bits per heavy atom. The van der Waals surface area contributed by atoms with Gasteiger partial charge in [0.25, 0.3) is 5.91 Å². The molecule has 8 heteroatoms. The molecule has 25 heavy (non-hydrogen) atoms. The molecule has 0 bridgehead atoms. The second-order valence-corrected chi connectivity index (χ2v) is 6.13. The minimum atomic E-state index is -0.120. The van der Waals surface area contributed by atoms with Gasteiger partial charge in [0.2, 0.25) is 5.88 Å². The van der Waals surface area contributed by atoms with E-state index in [1.165, 1.54) is 6.33 Å². The van der Waals surface area contributed by atoms with Crippen LogP contribution in [0.5, 0.6) is 5.88 Å². The molecule has 1 aromatic carbocycles. The largest absolute Gasteiger partial charge is 0.481 e. The lowest BCUT2D eigenvalue weighted by Gasteiger charge is -2.07. The fourth-order valence-corrected chi connectivity index (χ4v) is 2.82. The highest BCUT2D eigenvalue weighted by atomic mass is 32.2. The fraction of sp³-hybridized carbons (Fsp3) is 0.176. The zero-order valence-corrected chi connectivity index (χ0v) is 14.4. The molecule has 128 valence electrons. The van der Waals surface area contributed by atoms with Crippen molar-refractivity contribution >= 4 is 17.7 Å². The number of nitrogens with one attached hydrogen (secondary N) is 2. The molecule has 0 atom stereocenters. The molecule has 7 nitrogen and oxygen atoms in total. The molecule has 0 aliphatic rings. The van der Waals surface area contributed by atoms with E-state index in [9.17, 15) is 4.79 Å². The number of methoxy groups -OCH3 is 1. The van der Waals surface area contributed by atoms with Gasteiger partial charge >= 0.3 is 0 Å². The average molecular weight is 355 g/mol. The Hall–Kier alpha value is -2.87. The van der Waals surface area contributed by atoms with Crippen LogP contribution in [0.25, 0.3) is 0 Å². The van der Waals surface area contributed by atoms with Crippen molar-refractivity contribution in [1.29, 1.82) is 0 Å². The molecule has 0 spiro atoms. The zero-order chi connectivity index (χ0) is 17.5. The number of H-pyrrole nitrogens is 1. The quantitative estimate of drug-likeness (QED) is 0.632. The second kappa shape index (κ2) is 8.29. The van der Waals surface area contributed by atoms with Crippen molar-refractivity contribution in [2.45, 2.75) is 17.5 Å². The molecule has 2 N–H and O–H groups in total. The number of aromatic nitrogens is 4. The van der Waals surface area contributed by atoms with Crippen LogP contribution in [-0.4, -0.2) is 33.2 Å². The fourth-order valence-electron chi connectivity index (χ4n) is 2.09. The predicted molar refractivity (Wildman–Crippen MR) is 94.3 cm³/mol. The molecule has 0 aliphatic carbocycles. The molecule has 0 saturated heterocycles. The third kappa shape index (κ3) is 4.80. The summed E-state index contributed by atoms with van der Waals surface area (Å²) < 4.78 is 5.01. The van der Waals surface area contributed by atoms with Gasteiger partial charge in [-0.25, -0.2) is 9.97 Å². The van der Waals surface area contributed by atoms with Crippen molar-refractivity contribution < 1.29 is 9.53 Å². The lowest BCUT2D eigenvalue weighted by atomic mass is 10.1. The molecule has 3 aromatic rings. The summed E-state index contributed by atoms with van der Waals surface area (Å²) in [7, 11) is 1.57. The standard InChI is InChI=1S/C17H17N5O2S/c1-24-15-7-4-13(8-18-15)9-19-16(23)14-5-2-12(3-6-14)10-25-17-20-11-21-22-17/h2-8,11H,9-10H2,1H3,(H,19,23)(H,20,21,22). The lowest BCUT2D eigenvalue weighted by Crippen LogP contribution is -2.22. The Balaban J connectivity index is 1.51. The number of amides is 1. The van der Waals surface area contributed by atoms with Crippen molar-refractivity contribution in [2.75, 3.05) is 7.11 Å². The number of pyridine rings is 1. The number of hydrogen-bond acceptors (Lipinski definition) is 6. The normalized spacial score (nSPS) is 10.4. The van der Waals surface area contributed by atoms with Crippen molar-refractivity contribution in [3.05, 3.63) is 65.6 Å². The number of rotatable bonds is 7. The first kappa shape index (κ1) is 17.0. The average Bonchev–Trinajstić information content (AvgIpc) is 3.19. The zero-order valence-electron chi connectivity index (χ0n) is 13.6. The number of carbonyl (C=O) groups is 1. The molecule has 1 amide bonds. The van der Waals surface area contributed by atoms with Crippen LogP contribution in [-0.2, 0) is 12.3 Å². The summed E-state index contributed by atoms with van der Waals surface area (Å²) in [4.78, 5) is 20.4. The first-order chi connectivity index (χ1) is 12.2. The van der Waals surface area contributed by atoms with E-state index in [4.69, 9.17) is 4.74 Å². The summed E-state index contributed by atoms with van der Waals surface area (Å²) in [6.07, 6.45) is 3.16. The monoisotopic (exact) mass is 355 g/mol. The number of nitrogens with zero attached hydrogens (tertiary/aromatic N) is 3. The van der Waals surface area contributed by atoms with Crippen LogP contribution in [0.15, 0.2) is 54.1 Å². The van der Waals surface area contributed by atoms with E-state index in [1.807, 2.05) is 30.3 Å². The maximum absolute atomic E-state index is 12.2. The van der Waals surface area contributed by atoms with E-state index >= 15 is 0 Å². The first-order valence-corrected chi connectivity index (χ1v) is 8.57. The van der Waals surface area contributed by atoms with Gasteiger partial charge in [-0.2, -0.15) is 5.10 Å². The number of carbonyl (C=O) groups excluding carboxylic acids is 1. The minimum Gasteiger partial charge on any atom is -0.481 e. The van der Waals surface area contributed by atoms with Crippen molar-refractivity contribution in [2.24, 2.45) is 0 Å². The molecule has 2 heterocycles. The van der Waals surface area contributed by atoms with Crippen molar-refractivity contribution in [3.8, 4) is 5.88 Å². The van der Waals surface area contributed by atoms with E-state index in [0.29, 0.717) is 18.0 Å². The minimum absolute atomic E-state index is 0.120. The van der Waals surface area contributed by atoms with Gasteiger partial charge in [-0.3, -0.25) is 9.89 Å². The number of thioether (sulfide) groups is 1. The first-order valence-electron chi connectivity index (χ1n) is 7.59. The molecular formula is C17H17N5O2S. The van der Waals surface area contributed by atoms with Crippen LogP contribution in [0.2, 0.25) is 0 Å². The number of hydrogen-bond donors (Lipinski definition) is 2. The van der Waals surface area contributed by atoms with E-state index in [0.717, 1.165) is 22.0 Å². The van der Waals surface area contributed by atoms with Gasteiger partial charge in [0.15, 0.2) is 5.16 Å². The lowest BCUT2D eigenvalue weighted by molar-refractivity contribution is 0.0951. The second-order valence-electron chi connectivity index (χ2n) is 5.17. The third-order valence-corrected chi connectivity index (χ3v) is 4.39. The topological polar surface area (TPSA) is 92.8 Å². The highest BCUT2D eigenvalue weighted by Crippen LogP contribution is 2.18. The SMILES string of the molecule is COc1ccc(CNC(=O)c2ccc(CSc3ncn[nH]3)cc2)cn1.